The third-order valence-electron chi connectivity index (χ3n) is 7.35. The topological polar surface area (TPSA) is 41.0 Å². The predicted octanol–water partition coefficient (Wildman–Crippen LogP) is 5.26. The zero-order valence-electron chi connectivity index (χ0n) is 17.7. The van der Waals surface area contributed by atoms with Crippen LogP contribution in [-0.4, -0.2) is 40.8 Å². The molecule has 0 bridgehead atoms. The van der Waals surface area contributed by atoms with Crippen molar-refractivity contribution in [3.05, 3.63) is 41.7 Å². The molecule has 0 amide bonds. The van der Waals surface area contributed by atoms with Crippen molar-refractivity contribution in [2.75, 3.05) is 25.0 Å². The van der Waals surface area contributed by atoms with Gasteiger partial charge in [-0.15, -0.1) is 10.2 Å². The van der Waals surface area contributed by atoms with E-state index in [1.807, 2.05) is 0 Å². The van der Waals surface area contributed by atoms with E-state index >= 15 is 0 Å². The largest absolute Gasteiger partial charge is 0.366 e. The Morgan fingerprint density at radius 3 is 2.35 bits per heavy atom. The molecule has 2 aromatic rings. The summed E-state index contributed by atoms with van der Waals surface area (Å²) in [5, 5.41) is 11.6. The summed E-state index contributed by atoms with van der Waals surface area (Å²) in [6.45, 7) is 3.68. The van der Waals surface area contributed by atoms with E-state index < -0.39 is 17.5 Å². The Morgan fingerprint density at radius 1 is 0.935 bits per heavy atom. The van der Waals surface area contributed by atoms with Crippen molar-refractivity contribution >= 4 is 5.82 Å². The van der Waals surface area contributed by atoms with Crippen molar-refractivity contribution in [2.45, 2.75) is 51.0 Å². The molecule has 1 aliphatic heterocycles. The second-order valence-corrected chi connectivity index (χ2v) is 9.61. The third-order valence-corrected chi connectivity index (χ3v) is 7.35. The molecule has 7 heteroatoms. The lowest BCUT2D eigenvalue weighted by molar-refractivity contribution is 0.221. The first-order valence-electron chi connectivity index (χ1n) is 11.5. The summed E-state index contributed by atoms with van der Waals surface area (Å²) in [6.07, 6.45) is 9.26. The highest BCUT2D eigenvalue weighted by Gasteiger charge is 2.41. The Morgan fingerprint density at radius 2 is 1.68 bits per heavy atom. The number of hydrogen-bond acceptors (Lipinski definition) is 4. The van der Waals surface area contributed by atoms with E-state index in [0.29, 0.717) is 17.9 Å². The molecule has 166 valence electrons. The molecule has 0 radical (unpaired) electrons. The van der Waals surface area contributed by atoms with Gasteiger partial charge in [-0.3, -0.25) is 0 Å². The van der Waals surface area contributed by atoms with Crippen LogP contribution in [0.25, 0.3) is 11.3 Å². The SMILES string of the molecule is Fc1cc(F)c(F)c(-c2ccc(N[C@H]3C[C@@H]4CN(CC5CCCCC5)C[C@@H]4C3)nn2)c1. The van der Waals surface area contributed by atoms with Crippen molar-refractivity contribution in [1.29, 1.82) is 0 Å². The molecule has 2 heterocycles. The number of nitrogens with one attached hydrogen (secondary N) is 1. The average Bonchev–Trinajstić information content (AvgIpc) is 3.30. The molecule has 0 unspecified atom stereocenters. The van der Waals surface area contributed by atoms with E-state index in [2.05, 4.69) is 20.4 Å². The van der Waals surface area contributed by atoms with E-state index in [1.54, 1.807) is 12.1 Å². The lowest BCUT2D eigenvalue weighted by Crippen LogP contribution is -2.30. The quantitative estimate of drug-likeness (QED) is 0.657. The Labute approximate surface area is 181 Å². The van der Waals surface area contributed by atoms with Crippen molar-refractivity contribution in [3.63, 3.8) is 0 Å². The molecule has 3 fully saturated rings. The van der Waals surface area contributed by atoms with Crippen LogP contribution in [0.4, 0.5) is 19.0 Å². The van der Waals surface area contributed by atoms with Gasteiger partial charge in [0.1, 0.15) is 11.6 Å². The van der Waals surface area contributed by atoms with Gasteiger partial charge in [0.05, 0.1) is 5.69 Å². The first-order valence-corrected chi connectivity index (χ1v) is 11.5. The Bertz CT molecular complexity index is 900. The molecule has 0 spiro atoms. The van der Waals surface area contributed by atoms with Crippen molar-refractivity contribution in [2.24, 2.45) is 17.8 Å². The predicted molar refractivity (Wildman–Crippen MR) is 114 cm³/mol. The Hall–Kier alpha value is -2.15. The number of rotatable bonds is 5. The van der Waals surface area contributed by atoms with Crippen LogP contribution in [0.15, 0.2) is 24.3 Å². The van der Waals surface area contributed by atoms with E-state index in [-0.39, 0.29) is 11.3 Å². The molecule has 2 aliphatic carbocycles. The minimum absolute atomic E-state index is 0.114. The van der Waals surface area contributed by atoms with Crippen molar-refractivity contribution in [3.8, 4) is 11.3 Å². The maximum absolute atomic E-state index is 14.0. The summed E-state index contributed by atoms with van der Waals surface area (Å²) < 4.78 is 40.9. The average molecular weight is 431 g/mol. The fourth-order valence-electron chi connectivity index (χ4n) is 5.90. The highest BCUT2D eigenvalue weighted by atomic mass is 19.2. The maximum atomic E-state index is 14.0. The molecule has 5 rings (SSSR count). The molecule has 4 nitrogen and oxygen atoms in total. The summed E-state index contributed by atoms with van der Waals surface area (Å²) in [6, 6.07) is 5.07. The van der Waals surface area contributed by atoms with Gasteiger partial charge >= 0.3 is 0 Å². The third kappa shape index (κ3) is 4.56. The molecule has 3 atom stereocenters. The van der Waals surface area contributed by atoms with Crippen LogP contribution in [0.5, 0.6) is 0 Å². The zero-order valence-corrected chi connectivity index (χ0v) is 17.7. The monoisotopic (exact) mass is 430 g/mol. The summed E-state index contributed by atoms with van der Waals surface area (Å²) >= 11 is 0. The zero-order chi connectivity index (χ0) is 21.4. The standard InChI is InChI=1S/C24H29F3N4/c25-18-10-20(24(27)21(26)11-18)22-6-7-23(30-29-22)28-19-8-16-13-31(14-17(16)9-19)12-15-4-2-1-3-5-15/h6-7,10-11,15-17,19H,1-5,8-9,12-14H2,(H,28,30)/t16-,17+,19+. The van der Waals surface area contributed by atoms with Crippen molar-refractivity contribution < 1.29 is 13.2 Å². The second kappa shape index (κ2) is 8.77. The number of fused-ring (bicyclic) bond motifs is 1. The normalized spacial score (nSPS) is 26.9. The van der Waals surface area contributed by atoms with Gasteiger partial charge in [0, 0.05) is 37.3 Å². The summed E-state index contributed by atoms with van der Waals surface area (Å²) in [4.78, 5) is 2.68. The van der Waals surface area contributed by atoms with E-state index in [9.17, 15) is 13.2 Å². The minimum Gasteiger partial charge on any atom is -0.366 e. The van der Waals surface area contributed by atoms with Gasteiger partial charge in [0.25, 0.3) is 0 Å². The van der Waals surface area contributed by atoms with Crippen LogP contribution in [-0.2, 0) is 0 Å². The molecule has 1 aromatic carbocycles. The summed E-state index contributed by atoms with van der Waals surface area (Å²) in [5.74, 6) is -0.202. The van der Waals surface area contributed by atoms with Gasteiger partial charge < -0.3 is 10.2 Å². The fourth-order valence-corrected chi connectivity index (χ4v) is 5.90. The van der Waals surface area contributed by atoms with Crippen LogP contribution in [0.1, 0.15) is 44.9 Å². The molecule has 1 saturated heterocycles. The highest BCUT2D eigenvalue weighted by Crippen LogP contribution is 2.40. The Balaban J connectivity index is 1.16. The lowest BCUT2D eigenvalue weighted by Gasteiger charge is -2.27. The number of aromatic nitrogens is 2. The molecule has 1 N–H and O–H groups in total. The highest BCUT2D eigenvalue weighted by molar-refractivity contribution is 5.60. The number of anilines is 1. The van der Waals surface area contributed by atoms with Gasteiger partial charge in [0.15, 0.2) is 11.6 Å². The number of hydrogen-bond donors (Lipinski definition) is 1. The molecular weight excluding hydrogens is 401 g/mol. The van der Waals surface area contributed by atoms with Gasteiger partial charge in [-0.05, 0) is 61.6 Å². The van der Waals surface area contributed by atoms with E-state index in [0.717, 1.165) is 36.7 Å². The maximum Gasteiger partial charge on any atom is 0.168 e. The molecule has 3 aliphatic rings. The van der Waals surface area contributed by atoms with Crippen LogP contribution >= 0.6 is 0 Å². The van der Waals surface area contributed by atoms with Gasteiger partial charge in [-0.25, -0.2) is 13.2 Å². The summed E-state index contributed by atoms with van der Waals surface area (Å²) in [5.41, 5.74) is -0.104. The van der Waals surface area contributed by atoms with Gasteiger partial charge in [-0.1, -0.05) is 19.3 Å². The number of likely N-dealkylation sites (tertiary alicyclic amines) is 1. The number of benzene rings is 1. The fraction of sp³-hybridized carbons (Fsp3) is 0.583. The molecule has 1 aromatic heterocycles. The number of nitrogens with zero attached hydrogens (tertiary/aromatic N) is 3. The van der Waals surface area contributed by atoms with Crippen LogP contribution in [0.2, 0.25) is 0 Å². The van der Waals surface area contributed by atoms with E-state index in [1.165, 1.54) is 51.7 Å². The van der Waals surface area contributed by atoms with Crippen LogP contribution < -0.4 is 5.32 Å². The molecular formula is C24H29F3N4. The molecule has 2 saturated carbocycles. The Kier molecular flexibility index (Phi) is 5.87. The first-order chi connectivity index (χ1) is 15.0. The smallest absolute Gasteiger partial charge is 0.168 e. The minimum atomic E-state index is -1.23. The van der Waals surface area contributed by atoms with Crippen molar-refractivity contribution in [1.82, 2.24) is 15.1 Å². The second-order valence-electron chi connectivity index (χ2n) is 9.61. The van der Waals surface area contributed by atoms with Crippen LogP contribution in [0, 0.1) is 35.2 Å². The van der Waals surface area contributed by atoms with Crippen LogP contribution in [0.3, 0.4) is 0 Å². The molecule has 31 heavy (non-hydrogen) atoms. The summed E-state index contributed by atoms with van der Waals surface area (Å²) in [7, 11) is 0. The number of halogens is 3. The lowest BCUT2D eigenvalue weighted by atomic mass is 9.89. The van der Waals surface area contributed by atoms with Gasteiger partial charge in [0.2, 0.25) is 0 Å². The van der Waals surface area contributed by atoms with E-state index in [4.69, 9.17) is 0 Å². The van der Waals surface area contributed by atoms with Gasteiger partial charge in [-0.2, -0.15) is 0 Å². The first kappa shape index (κ1) is 20.7.